The Kier molecular flexibility index (Phi) is 5.70. The number of nitrogens with zero attached hydrogens (tertiary/aromatic N) is 2. The van der Waals surface area contributed by atoms with E-state index in [9.17, 15) is 9.18 Å². The molecule has 1 aliphatic rings. The third-order valence-corrected chi connectivity index (χ3v) is 5.40. The lowest BCUT2D eigenvalue weighted by molar-refractivity contribution is 0.182. The molecule has 3 aromatic rings. The monoisotopic (exact) mass is 425 g/mol. The summed E-state index contributed by atoms with van der Waals surface area (Å²) in [4.78, 5) is 15.1. The van der Waals surface area contributed by atoms with Gasteiger partial charge in [-0.2, -0.15) is 0 Å². The zero-order valence-electron chi connectivity index (χ0n) is 17.6. The SMILES string of the molecule is COc1cc(NC(=O)N2CCn3cccc3[C@H]2c2ccc(F)cc2)cc(OC)c1OC. The lowest BCUT2D eigenvalue weighted by Gasteiger charge is -2.37. The summed E-state index contributed by atoms with van der Waals surface area (Å²) in [7, 11) is 4.56. The van der Waals surface area contributed by atoms with Crippen molar-refractivity contribution >= 4 is 11.7 Å². The van der Waals surface area contributed by atoms with E-state index in [-0.39, 0.29) is 17.9 Å². The Morgan fingerprint density at radius 1 is 1.00 bits per heavy atom. The van der Waals surface area contributed by atoms with E-state index < -0.39 is 0 Å². The zero-order chi connectivity index (χ0) is 22.0. The maximum atomic E-state index is 13.5. The molecule has 2 amide bonds. The summed E-state index contributed by atoms with van der Waals surface area (Å²) >= 11 is 0. The molecule has 4 rings (SSSR count). The van der Waals surface area contributed by atoms with Crippen molar-refractivity contribution in [2.24, 2.45) is 0 Å². The number of benzene rings is 2. The van der Waals surface area contributed by atoms with E-state index >= 15 is 0 Å². The molecule has 31 heavy (non-hydrogen) atoms. The van der Waals surface area contributed by atoms with Crippen LogP contribution in [0.3, 0.4) is 0 Å². The highest BCUT2D eigenvalue weighted by Gasteiger charge is 2.32. The van der Waals surface area contributed by atoms with Gasteiger partial charge >= 0.3 is 6.03 Å². The Morgan fingerprint density at radius 2 is 1.68 bits per heavy atom. The number of nitrogens with one attached hydrogen (secondary N) is 1. The molecule has 8 heteroatoms. The fourth-order valence-corrected chi connectivity index (χ4v) is 3.95. The van der Waals surface area contributed by atoms with E-state index in [2.05, 4.69) is 9.88 Å². The molecule has 2 aromatic carbocycles. The van der Waals surface area contributed by atoms with E-state index in [1.54, 1.807) is 29.2 Å². The number of rotatable bonds is 5. The average molecular weight is 425 g/mol. The lowest BCUT2D eigenvalue weighted by Crippen LogP contribution is -2.44. The van der Waals surface area contributed by atoms with Crippen molar-refractivity contribution in [3.05, 3.63) is 71.8 Å². The van der Waals surface area contributed by atoms with Crippen LogP contribution in [0, 0.1) is 5.82 Å². The van der Waals surface area contributed by atoms with Crippen LogP contribution in [-0.2, 0) is 6.54 Å². The van der Waals surface area contributed by atoms with Gasteiger partial charge in [-0.3, -0.25) is 0 Å². The molecule has 0 bridgehead atoms. The van der Waals surface area contributed by atoms with Gasteiger partial charge in [0.15, 0.2) is 11.5 Å². The summed E-state index contributed by atoms with van der Waals surface area (Å²) in [5.41, 5.74) is 2.32. The Balaban J connectivity index is 1.66. The zero-order valence-corrected chi connectivity index (χ0v) is 17.6. The Morgan fingerprint density at radius 3 is 2.29 bits per heavy atom. The van der Waals surface area contributed by atoms with Crippen molar-refractivity contribution in [2.45, 2.75) is 12.6 Å². The average Bonchev–Trinajstić information content (AvgIpc) is 3.27. The number of carbonyl (C=O) groups is 1. The Labute approximate surface area is 179 Å². The smallest absolute Gasteiger partial charge is 0.322 e. The van der Waals surface area contributed by atoms with Crippen molar-refractivity contribution in [2.75, 3.05) is 33.2 Å². The third-order valence-electron chi connectivity index (χ3n) is 5.40. The quantitative estimate of drug-likeness (QED) is 0.662. The van der Waals surface area contributed by atoms with Crippen LogP contribution in [0.25, 0.3) is 0 Å². The Bertz CT molecular complexity index is 1060. The van der Waals surface area contributed by atoms with E-state index in [1.165, 1.54) is 33.5 Å². The minimum absolute atomic E-state index is 0.281. The van der Waals surface area contributed by atoms with E-state index in [0.717, 1.165) is 11.3 Å². The molecular formula is C23H24FN3O4. The van der Waals surface area contributed by atoms with Crippen LogP contribution in [0.2, 0.25) is 0 Å². The highest BCUT2D eigenvalue weighted by molar-refractivity contribution is 5.91. The number of fused-ring (bicyclic) bond motifs is 1. The minimum Gasteiger partial charge on any atom is -0.493 e. The van der Waals surface area contributed by atoms with E-state index in [0.29, 0.717) is 36.0 Å². The molecule has 0 spiro atoms. The number of carbonyl (C=O) groups excluding carboxylic acids is 1. The van der Waals surface area contributed by atoms with Crippen molar-refractivity contribution in [3.63, 3.8) is 0 Å². The molecule has 0 saturated heterocycles. The number of amides is 2. The van der Waals surface area contributed by atoms with Crippen molar-refractivity contribution < 1.29 is 23.4 Å². The molecule has 0 radical (unpaired) electrons. The largest absolute Gasteiger partial charge is 0.493 e. The number of methoxy groups -OCH3 is 3. The number of hydrogen-bond acceptors (Lipinski definition) is 4. The first-order valence-electron chi connectivity index (χ1n) is 9.84. The number of halogens is 1. The first kappa shape index (κ1) is 20.6. The first-order chi connectivity index (χ1) is 15.0. The van der Waals surface area contributed by atoms with Gasteiger partial charge < -0.3 is 29.0 Å². The van der Waals surface area contributed by atoms with Gasteiger partial charge in [0.2, 0.25) is 5.75 Å². The number of anilines is 1. The fraction of sp³-hybridized carbons (Fsp3) is 0.261. The summed E-state index contributed by atoms with van der Waals surface area (Å²) < 4.78 is 31.7. The minimum atomic E-state index is -0.341. The number of ether oxygens (including phenoxy) is 3. The van der Waals surface area contributed by atoms with Crippen molar-refractivity contribution in [1.82, 2.24) is 9.47 Å². The van der Waals surface area contributed by atoms with Crippen molar-refractivity contribution in [1.29, 1.82) is 0 Å². The molecule has 1 N–H and O–H groups in total. The van der Waals surface area contributed by atoms with Gasteiger partial charge in [0.1, 0.15) is 5.82 Å². The van der Waals surface area contributed by atoms with Crippen LogP contribution >= 0.6 is 0 Å². The maximum absolute atomic E-state index is 13.5. The molecule has 1 atom stereocenters. The number of urea groups is 1. The maximum Gasteiger partial charge on any atom is 0.322 e. The Hall–Kier alpha value is -3.68. The molecule has 0 unspecified atom stereocenters. The van der Waals surface area contributed by atoms with Crippen LogP contribution < -0.4 is 19.5 Å². The highest BCUT2D eigenvalue weighted by Crippen LogP contribution is 2.40. The molecule has 1 aliphatic heterocycles. The van der Waals surface area contributed by atoms with Crippen LogP contribution in [0.15, 0.2) is 54.7 Å². The lowest BCUT2D eigenvalue weighted by atomic mass is 10.0. The van der Waals surface area contributed by atoms with Gasteiger partial charge in [-0.05, 0) is 29.8 Å². The molecule has 7 nitrogen and oxygen atoms in total. The van der Waals surface area contributed by atoms with Gasteiger partial charge in [-0.15, -0.1) is 0 Å². The topological polar surface area (TPSA) is 65.0 Å². The van der Waals surface area contributed by atoms with Crippen molar-refractivity contribution in [3.8, 4) is 17.2 Å². The normalized spacial score (nSPS) is 15.2. The molecule has 0 aliphatic carbocycles. The van der Waals surface area contributed by atoms with E-state index in [4.69, 9.17) is 14.2 Å². The van der Waals surface area contributed by atoms with Gasteiger partial charge in [0, 0.05) is 37.1 Å². The molecule has 0 saturated carbocycles. The molecule has 162 valence electrons. The van der Waals surface area contributed by atoms with Crippen LogP contribution in [0.5, 0.6) is 17.2 Å². The fourth-order valence-electron chi connectivity index (χ4n) is 3.95. The van der Waals surface area contributed by atoms with Gasteiger partial charge in [0.05, 0.1) is 33.1 Å². The van der Waals surface area contributed by atoms with Gasteiger partial charge in [-0.25, -0.2) is 9.18 Å². The summed E-state index contributed by atoms with van der Waals surface area (Å²) in [6.07, 6.45) is 1.99. The second-order valence-electron chi connectivity index (χ2n) is 7.12. The highest BCUT2D eigenvalue weighted by atomic mass is 19.1. The summed E-state index contributed by atoms with van der Waals surface area (Å²) in [5.74, 6) is 1.02. The number of aromatic nitrogens is 1. The van der Waals surface area contributed by atoms with Crippen LogP contribution in [-0.4, -0.2) is 43.4 Å². The molecule has 1 aromatic heterocycles. The van der Waals surface area contributed by atoms with Gasteiger partial charge in [0.25, 0.3) is 0 Å². The summed E-state index contributed by atoms with van der Waals surface area (Å²) in [6.45, 7) is 1.17. The van der Waals surface area contributed by atoms with Crippen LogP contribution in [0.1, 0.15) is 17.3 Å². The van der Waals surface area contributed by atoms with Crippen LogP contribution in [0.4, 0.5) is 14.9 Å². The van der Waals surface area contributed by atoms with Gasteiger partial charge in [-0.1, -0.05) is 12.1 Å². The predicted octanol–water partition coefficient (Wildman–Crippen LogP) is 4.29. The molecule has 2 heterocycles. The predicted molar refractivity (Wildman–Crippen MR) is 114 cm³/mol. The summed E-state index contributed by atoms with van der Waals surface area (Å²) in [6, 6.07) is 12.9. The summed E-state index contributed by atoms with van der Waals surface area (Å²) in [5, 5.41) is 2.93. The molecular weight excluding hydrogens is 401 g/mol. The standard InChI is InChI=1S/C23H24FN3O4/c1-29-19-13-17(14-20(30-2)22(19)31-3)25-23(28)27-12-11-26-10-4-5-18(26)21(27)15-6-8-16(24)9-7-15/h4-10,13-14,21H,11-12H2,1-3H3,(H,25,28)/t21-/m1/s1. The second kappa shape index (κ2) is 8.59. The second-order valence-corrected chi connectivity index (χ2v) is 7.12. The first-order valence-corrected chi connectivity index (χ1v) is 9.84. The third kappa shape index (κ3) is 3.88. The number of hydrogen-bond donors (Lipinski definition) is 1. The van der Waals surface area contributed by atoms with E-state index in [1.807, 2.05) is 18.3 Å². The molecule has 0 fully saturated rings.